The van der Waals surface area contributed by atoms with E-state index in [9.17, 15) is 54.9 Å². The number of carboxylic acids is 1. The highest BCUT2D eigenvalue weighted by Crippen LogP contribution is 2.26. The van der Waals surface area contributed by atoms with E-state index in [0.717, 1.165) is 55.7 Å². The molecule has 0 radical (unpaired) electrons. The quantitative estimate of drug-likeness (QED) is 0.0670. The Balaban J connectivity index is 2.37. The Morgan fingerprint density at radius 3 is 1.65 bits per heavy atom. The Bertz CT molecular complexity index is 1360. The van der Waals surface area contributed by atoms with Gasteiger partial charge in [0.05, 0.1) is 7.11 Å². The molecule has 2 aromatic rings. The van der Waals surface area contributed by atoms with Crippen LogP contribution in [0.3, 0.4) is 0 Å². The largest absolute Gasteiger partial charge is 0.504 e. The Morgan fingerprint density at radius 2 is 1.23 bits per heavy atom. The van der Waals surface area contributed by atoms with Gasteiger partial charge in [-0.1, -0.05) is 12.1 Å². The summed E-state index contributed by atoms with van der Waals surface area (Å²) >= 11 is 0. The maximum Gasteiger partial charge on any atom is 0.372 e. The molecular weight excluding hydrogens is 536 g/mol. The number of aliphatic hydroxyl groups excluding tert-OH is 2. The van der Waals surface area contributed by atoms with Gasteiger partial charge in [0, 0.05) is 18.2 Å². The molecule has 0 aliphatic heterocycles. The highest BCUT2D eigenvalue weighted by Gasteiger charge is 2.38. The normalized spacial score (nSPS) is 13.9. The summed E-state index contributed by atoms with van der Waals surface area (Å²) in [5.41, 5.74) is 0.426. The number of phenolic OH excluding ortho intramolecular Hbond substituents is 4. The molecule has 0 bridgehead atoms. The molecule has 3 unspecified atom stereocenters. The van der Waals surface area contributed by atoms with Crippen LogP contribution in [0.5, 0.6) is 23.0 Å². The Hall–Kier alpha value is -5.50. The van der Waals surface area contributed by atoms with Crippen LogP contribution in [0.4, 0.5) is 0 Å². The number of phenols is 4. The molecule has 0 aromatic heterocycles. The van der Waals surface area contributed by atoms with Gasteiger partial charge in [-0.15, -0.1) is 0 Å². The zero-order valence-electron chi connectivity index (χ0n) is 20.6. The first kappa shape index (κ1) is 30.7. The van der Waals surface area contributed by atoms with Crippen molar-refractivity contribution in [2.45, 2.75) is 18.3 Å². The average Bonchev–Trinajstić information content (AvgIpc) is 2.91. The van der Waals surface area contributed by atoms with Crippen molar-refractivity contribution in [3.63, 3.8) is 0 Å². The highest BCUT2D eigenvalue weighted by molar-refractivity contribution is 5.89. The second-order valence-electron chi connectivity index (χ2n) is 7.79. The summed E-state index contributed by atoms with van der Waals surface area (Å²) in [5.74, 6) is -8.80. The average molecular weight is 560 g/mol. The number of esters is 3. The van der Waals surface area contributed by atoms with Crippen molar-refractivity contribution in [3.05, 3.63) is 71.5 Å². The number of carbonyl (C=O) groups is 4. The molecule has 0 fully saturated rings. The summed E-state index contributed by atoms with van der Waals surface area (Å²) in [6, 6.07) is 7.07. The third kappa shape index (κ3) is 8.81. The van der Waals surface area contributed by atoms with Crippen molar-refractivity contribution in [2.24, 2.45) is 0 Å². The molecule has 0 saturated heterocycles. The van der Waals surface area contributed by atoms with Crippen molar-refractivity contribution >= 4 is 36.0 Å². The second kappa shape index (κ2) is 13.9. The lowest BCUT2D eigenvalue weighted by molar-refractivity contribution is -0.176. The Labute approximate surface area is 225 Å². The van der Waals surface area contributed by atoms with Gasteiger partial charge in [0.2, 0.25) is 5.76 Å². The monoisotopic (exact) mass is 560 g/mol. The number of aromatic hydroxyl groups is 4. The van der Waals surface area contributed by atoms with E-state index in [1.165, 1.54) is 12.1 Å². The van der Waals surface area contributed by atoms with Gasteiger partial charge in [-0.2, -0.15) is 0 Å². The number of hydrogen-bond acceptors (Lipinski definition) is 13. The van der Waals surface area contributed by atoms with Crippen LogP contribution in [-0.4, -0.2) is 85.0 Å². The SMILES string of the molecule is COC(=O)/C(O)=C/C(OC(=O)/C=C/c1ccc(O)c(O)c1)C(OC(=O)/C=C/c1ccc(O)c(O)c1)C(O)C(=O)O. The molecule has 2 aromatic carbocycles. The van der Waals surface area contributed by atoms with Gasteiger partial charge in [0.15, 0.2) is 41.3 Å². The number of methoxy groups -OCH3 is 1. The minimum atomic E-state index is -2.53. The summed E-state index contributed by atoms with van der Waals surface area (Å²) < 4.78 is 14.4. The number of ether oxygens (including phenoxy) is 3. The molecule has 212 valence electrons. The predicted molar refractivity (Wildman–Crippen MR) is 134 cm³/mol. The first-order valence-electron chi connectivity index (χ1n) is 11.0. The van der Waals surface area contributed by atoms with E-state index in [1.807, 2.05) is 0 Å². The van der Waals surface area contributed by atoms with Crippen LogP contribution in [0, 0.1) is 0 Å². The first-order valence-corrected chi connectivity index (χ1v) is 11.0. The lowest BCUT2D eigenvalue weighted by Gasteiger charge is -2.26. The fraction of sp³-hybridized carbons (Fsp3) is 0.154. The summed E-state index contributed by atoms with van der Waals surface area (Å²) in [4.78, 5) is 48.1. The van der Waals surface area contributed by atoms with Crippen LogP contribution in [0.2, 0.25) is 0 Å². The Morgan fingerprint density at radius 1 is 0.750 bits per heavy atom. The molecule has 0 aliphatic carbocycles. The number of benzene rings is 2. The molecule has 0 heterocycles. The topological polar surface area (TPSA) is 238 Å². The van der Waals surface area contributed by atoms with Gasteiger partial charge in [-0.05, 0) is 47.5 Å². The first-order chi connectivity index (χ1) is 18.8. The van der Waals surface area contributed by atoms with Crippen molar-refractivity contribution in [1.29, 1.82) is 0 Å². The van der Waals surface area contributed by atoms with Gasteiger partial charge in [-0.3, -0.25) is 0 Å². The van der Waals surface area contributed by atoms with Crippen LogP contribution in [0.25, 0.3) is 12.2 Å². The van der Waals surface area contributed by atoms with E-state index >= 15 is 0 Å². The fourth-order valence-electron chi connectivity index (χ4n) is 2.94. The molecule has 0 aliphatic rings. The zero-order valence-corrected chi connectivity index (χ0v) is 20.6. The summed E-state index contributed by atoms with van der Waals surface area (Å²) in [7, 11) is 0.902. The molecule has 14 heteroatoms. The number of aliphatic hydroxyl groups is 2. The standard InChI is InChI=1S/C26H24O14/c1-38-26(37)19(31)12-20(39-21(32)8-4-13-2-6-15(27)17(29)10-13)24(23(34)25(35)36)40-22(33)9-5-14-3-7-16(28)18(30)11-14/h2-12,20,23-24,27-31,34H,1H3,(H,35,36)/b8-4+,9-5+,19-12-. The molecular formula is C26H24O14. The summed E-state index contributed by atoms with van der Waals surface area (Å²) in [5, 5.41) is 67.3. The lowest BCUT2D eigenvalue weighted by atomic mass is 10.1. The van der Waals surface area contributed by atoms with E-state index in [-0.39, 0.29) is 11.1 Å². The van der Waals surface area contributed by atoms with E-state index in [0.29, 0.717) is 6.08 Å². The van der Waals surface area contributed by atoms with Crippen LogP contribution in [-0.2, 0) is 33.4 Å². The molecule has 0 spiro atoms. The Kier molecular flexibility index (Phi) is 10.7. The summed E-state index contributed by atoms with van der Waals surface area (Å²) in [6.45, 7) is 0. The maximum atomic E-state index is 12.5. The maximum absolute atomic E-state index is 12.5. The number of carbonyl (C=O) groups excluding carboxylic acids is 3. The van der Waals surface area contributed by atoms with E-state index < -0.39 is 70.9 Å². The number of rotatable bonds is 11. The third-order valence-electron chi connectivity index (χ3n) is 4.93. The van der Waals surface area contributed by atoms with Crippen LogP contribution < -0.4 is 0 Å². The van der Waals surface area contributed by atoms with Crippen molar-refractivity contribution < 1.29 is 69.1 Å². The van der Waals surface area contributed by atoms with Gasteiger partial charge < -0.3 is 50.0 Å². The molecule has 2 rings (SSSR count). The minimum absolute atomic E-state index is 0.208. The fourth-order valence-corrected chi connectivity index (χ4v) is 2.94. The number of hydrogen-bond donors (Lipinski definition) is 7. The second-order valence-corrected chi connectivity index (χ2v) is 7.79. The van der Waals surface area contributed by atoms with Crippen molar-refractivity contribution in [3.8, 4) is 23.0 Å². The van der Waals surface area contributed by atoms with Crippen LogP contribution in [0.1, 0.15) is 11.1 Å². The molecule has 0 saturated carbocycles. The number of carboxylic acid groups (broad SMARTS) is 1. The van der Waals surface area contributed by atoms with Gasteiger partial charge >= 0.3 is 23.9 Å². The van der Waals surface area contributed by atoms with Crippen LogP contribution in [0.15, 0.2) is 60.4 Å². The minimum Gasteiger partial charge on any atom is -0.504 e. The van der Waals surface area contributed by atoms with E-state index in [4.69, 9.17) is 9.47 Å². The molecule has 14 nitrogen and oxygen atoms in total. The molecule has 40 heavy (non-hydrogen) atoms. The predicted octanol–water partition coefficient (Wildman–Crippen LogP) is 1.12. The van der Waals surface area contributed by atoms with Crippen molar-refractivity contribution in [2.75, 3.05) is 7.11 Å². The smallest absolute Gasteiger partial charge is 0.372 e. The molecule has 7 N–H and O–H groups in total. The van der Waals surface area contributed by atoms with Gasteiger partial charge in [-0.25, -0.2) is 19.2 Å². The third-order valence-corrected chi connectivity index (χ3v) is 4.93. The van der Waals surface area contributed by atoms with Crippen molar-refractivity contribution in [1.82, 2.24) is 0 Å². The highest BCUT2D eigenvalue weighted by atomic mass is 16.6. The van der Waals surface area contributed by atoms with E-state index in [2.05, 4.69) is 4.74 Å². The lowest BCUT2D eigenvalue weighted by Crippen LogP contribution is -2.46. The van der Waals surface area contributed by atoms with Gasteiger partial charge in [0.1, 0.15) is 0 Å². The van der Waals surface area contributed by atoms with Crippen LogP contribution >= 0.6 is 0 Å². The zero-order chi connectivity index (χ0) is 30.0. The van der Waals surface area contributed by atoms with E-state index in [1.54, 1.807) is 0 Å². The molecule has 0 amide bonds. The summed E-state index contributed by atoms with van der Waals surface area (Å²) in [6.07, 6.45) is -2.58. The van der Waals surface area contributed by atoms with Gasteiger partial charge in [0.25, 0.3) is 0 Å². The number of aliphatic carboxylic acids is 1. The molecule has 3 atom stereocenters.